The van der Waals surface area contributed by atoms with Crippen molar-refractivity contribution in [2.75, 3.05) is 17.7 Å². The van der Waals surface area contributed by atoms with Crippen molar-refractivity contribution < 1.29 is 18.4 Å². The fourth-order valence-electron chi connectivity index (χ4n) is 3.13. The van der Waals surface area contributed by atoms with Crippen molar-refractivity contribution in [3.8, 4) is 5.69 Å². The second-order valence-corrected chi connectivity index (χ2v) is 7.90. The maximum atomic E-state index is 14.1. The second kappa shape index (κ2) is 10.1. The van der Waals surface area contributed by atoms with E-state index < -0.39 is 5.82 Å². The van der Waals surface area contributed by atoms with Gasteiger partial charge in [-0.3, -0.25) is 14.2 Å². The number of rotatable bonds is 8. The summed E-state index contributed by atoms with van der Waals surface area (Å²) in [4.78, 5) is 27.0. The molecule has 0 fully saturated rings. The molecule has 0 spiro atoms. The molecule has 0 unspecified atom stereocenters. The number of benzene rings is 2. The van der Waals surface area contributed by atoms with Crippen LogP contribution < -0.4 is 10.2 Å². The molecule has 2 aromatic heterocycles. The molecule has 0 radical (unpaired) electrons. The van der Waals surface area contributed by atoms with Crippen LogP contribution in [0.2, 0.25) is 0 Å². The van der Waals surface area contributed by atoms with Gasteiger partial charge in [0.1, 0.15) is 17.9 Å². The van der Waals surface area contributed by atoms with Crippen LogP contribution in [0.25, 0.3) is 5.69 Å². The molecule has 2 amide bonds. The fourth-order valence-corrected chi connectivity index (χ4v) is 3.96. The van der Waals surface area contributed by atoms with Gasteiger partial charge in [-0.15, -0.1) is 10.2 Å². The average Bonchev–Trinajstić information content (AvgIpc) is 3.53. The van der Waals surface area contributed by atoms with Crippen LogP contribution in [0.4, 0.5) is 10.1 Å². The number of hydrogen-bond donors (Lipinski definition) is 1. The van der Waals surface area contributed by atoms with Crippen LogP contribution in [0.15, 0.2) is 82.8 Å². The number of halogens is 1. The molecule has 0 saturated heterocycles. The van der Waals surface area contributed by atoms with Crippen LogP contribution in [-0.2, 0) is 11.3 Å². The third-order valence-corrected chi connectivity index (χ3v) is 5.77. The lowest BCUT2D eigenvalue weighted by atomic mass is 10.1. The van der Waals surface area contributed by atoms with Crippen LogP contribution in [0.5, 0.6) is 0 Å². The Morgan fingerprint density at radius 3 is 2.70 bits per heavy atom. The standard InChI is InChI=1S/C23H20FN5O3S/c1-28(19-10-4-2-8-17(19)22(31)25-13-16-7-6-12-32-16)21(30)14-33-23-27-26-15-29(23)20-11-5-3-9-18(20)24/h2-12,15H,13-14H2,1H3,(H,25,31). The van der Waals surface area contributed by atoms with E-state index in [0.717, 1.165) is 11.8 Å². The molecule has 10 heteroatoms. The molecule has 0 aliphatic rings. The van der Waals surface area contributed by atoms with Gasteiger partial charge in [-0.2, -0.15) is 0 Å². The number of para-hydroxylation sites is 2. The summed E-state index contributed by atoms with van der Waals surface area (Å²) in [5.41, 5.74) is 1.12. The quantitative estimate of drug-likeness (QED) is 0.399. The Morgan fingerprint density at radius 1 is 1.12 bits per heavy atom. The largest absolute Gasteiger partial charge is 0.467 e. The predicted octanol–water partition coefficient (Wildman–Crippen LogP) is 3.68. The predicted molar refractivity (Wildman–Crippen MR) is 122 cm³/mol. The summed E-state index contributed by atoms with van der Waals surface area (Å²) in [6.07, 6.45) is 2.93. The first-order valence-corrected chi connectivity index (χ1v) is 11.0. The lowest BCUT2D eigenvalue weighted by molar-refractivity contribution is -0.115. The molecule has 0 atom stereocenters. The number of anilines is 1. The maximum absolute atomic E-state index is 14.1. The first kappa shape index (κ1) is 22.3. The highest BCUT2D eigenvalue weighted by Crippen LogP contribution is 2.24. The maximum Gasteiger partial charge on any atom is 0.253 e. The Morgan fingerprint density at radius 2 is 1.91 bits per heavy atom. The zero-order valence-corrected chi connectivity index (χ0v) is 18.5. The van der Waals surface area contributed by atoms with E-state index in [9.17, 15) is 14.0 Å². The highest BCUT2D eigenvalue weighted by Gasteiger charge is 2.20. The monoisotopic (exact) mass is 465 g/mol. The summed E-state index contributed by atoms with van der Waals surface area (Å²) in [5.74, 6) is -0.355. The number of carbonyl (C=O) groups is 2. The van der Waals surface area contributed by atoms with E-state index in [0.29, 0.717) is 27.9 Å². The van der Waals surface area contributed by atoms with Gasteiger partial charge in [-0.05, 0) is 36.4 Å². The van der Waals surface area contributed by atoms with Crippen LogP contribution in [0.3, 0.4) is 0 Å². The molecule has 168 valence electrons. The number of nitrogens with one attached hydrogen (secondary N) is 1. The first-order valence-electron chi connectivity index (χ1n) is 9.98. The van der Waals surface area contributed by atoms with Crippen molar-refractivity contribution in [2.45, 2.75) is 11.7 Å². The van der Waals surface area contributed by atoms with Gasteiger partial charge in [0.05, 0.1) is 35.5 Å². The minimum Gasteiger partial charge on any atom is -0.467 e. The van der Waals surface area contributed by atoms with Gasteiger partial charge in [-0.1, -0.05) is 36.0 Å². The Hall–Kier alpha value is -3.92. The van der Waals surface area contributed by atoms with Crippen molar-refractivity contribution in [1.82, 2.24) is 20.1 Å². The molecule has 4 aromatic rings. The van der Waals surface area contributed by atoms with Gasteiger partial charge in [0.25, 0.3) is 5.91 Å². The van der Waals surface area contributed by atoms with Gasteiger partial charge in [0, 0.05) is 7.05 Å². The summed E-state index contributed by atoms with van der Waals surface area (Å²) in [6.45, 7) is 0.236. The molecule has 0 aliphatic heterocycles. The number of thioether (sulfide) groups is 1. The van der Waals surface area contributed by atoms with Crippen LogP contribution in [0.1, 0.15) is 16.1 Å². The Balaban J connectivity index is 1.44. The first-order chi connectivity index (χ1) is 16.0. The summed E-state index contributed by atoms with van der Waals surface area (Å²) in [6, 6.07) is 16.6. The zero-order valence-electron chi connectivity index (χ0n) is 17.6. The third-order valence-electron chi connectivity index (χ3n) is 4.84. The van der Waals surface area contributed by atoms with Gasteiger partial charge in [-0.25, -0.2) is 4.39 Å². The van der Waals surface area contributed by atoms with E-state index in [1.165, 1.54) is 28.1 Å². The van der Waals surface area contributed by atoms with Crippen molar-refractivity contribution in [3.63, 3.8) is 0 Å². The van der Waals surface area contributed by atoms with E-state index in [1.54, 1.807) is 61.6 Å². The normalized spacial score (nSPS) is 10.7. The van der Waals surface area contributed by atoms with E-state index in [1.807, 2.05) is 0 Å². The number of amides is 2. The molecule has 33 heavy (non-hydrogen) atoms. The van der Waals surface area contributed by atoms with Crippen LogP contribution in [0, 0.1) is 5.82 Å². The number of hydrogen-bond acceptors (Lipinski definition) is 6. The number of aromatic nitrogens is 3. The summed E-state index contributed by atoms with van der Waals surface area (Å²) in [5, 5.41) is 11.0. The van der Waals surface area contributed by atoms with Gasteiger partial charge in [0.15, 0.2) is 5.16 Å². The zero-order chi connectivity index (χ0) is 23.2. The molecule has 0 saturated carbocycles. The van der Waals surface area contributed by atoms with E-state index >= 15 is 0 Å². The lowest BCUT2D eigenvalue weighted by Gasteiger charge is -2.20. The highest BCUT2D eigenvalue weighted by molar-refractivity contribution is 7.99. The second-order valence-electron chi connectivity index (χ2n) is 6.96. The summed E-state index contributed by atoms with van der Waals surface area (Å²) >= 11 is 1.13. The molecular weight excluding hydrogens is 445 g/mol. The lowest BCUT2D eigenvalue weighted by Crippen LogP contribution is -2.31. The topological polar surface area (TPSA) is 93.3 Å². The molecule has 4 rings (SSSR count). The Kier molecular flexibility index (Phi) is 6.84. The van der Waals surface area contributed by atoms with E-state index in [4.69, 9.17) is 4.42 Å². The van der Waals surface area contributed by atoms with Crippen molar-refractivity contribution in [3.05, 3.63) is 90.4 Å². The molecule has 2 heterocycles. The number of furan rings is 1. The summed E-state index contributed by atoms with van der Waals surface area (Å²) < 4.78 is 20.9. The van der Waals surface area contributed by atoms with E-state index in [2.05, 4.69) is 15.5 Å². The molecule has 0 aliphatic carbocycles. The molecule has 1 N–H and O–H groups in total. The molecule has 2 aromatic carbocycles. The average molecular weight is 466 g/mol. The molecule has 8 nitrogen and oxygen atoms in total. The highest BCUT2D eigenvalue weighted by atomic mass is 32.2. The minimum absolute atomic E-state index is 0.0198. The van der Waals surface area contributed by atoms with Gasteiger partial charge in [0.2, 0.25) is 5.91 Å². The molecule has 0 bridgehead atoms. The Bertz CT molecular complexity index is 1260. The Labute approximate surface area is 193 Å². The minimum atomic E-state index is -0.419. The van der Waals surface area contributed by atoms with Crippen molar-refractivity contribution in [1.29, 1.82) is 0 Å². The van der Waals surface area contributed by atoms with Crippen molar-refractivity contribution in [2.24, 2.45) is 0 Å². The number of carbonyl (C=O) groups excluding carboxylic acids is 2. The SMILES string of the molecule is CN(C(=O)CSc1nncn1-c1ccccc1F)c1ccccc1C(=O)NCc1ccco1. The van der Waals surface area contributed by atoms with Crippen LogP contribution in [-0.4, -0.2) is 39.4 Å². The third kappa shape index (κ3) is 5.12. The smallest absolute Gasteiger partial charge is 0.253 e. The van der Waals surface area contributed by atoms with Crippen molar-refractivity contribution >= 4 is 29.3 Å². The van der Waals surface area contributed by atoms with Gasteiger partial charge < -0.3 is 14.6 Å². The van der Waals surface area contributed by atoms with Crippen LogP contribution >= 0.6 is 11.8 Å². The number of nitrogens with zero attached hydrogens (tertiary/aromatic N) is 4. The molecular formula is C23H20FN5O3S. The van der Waals surface area contributed by atoms with E-state index in [-0.39, 0.29) is 24.1 Å². The summed E-state index contributed by atoms with van der Waals surface area (Å²) in [7, 11) is 1.60. The van der Waals surface area contributed by atoms with Gasteiger partial charge >= 0.3 is 0 Å². The fraction of sp³-hybridized carbons (Fsp3) is 0.130.